The minimum atomic E-state index is 0.692. The van der Waals surface area contributed by atoms with Crippen molar-refractivity contribution in [3.8, 4) is 56.3 Å². The van der Waals surface area contributed by atoms with Crippen LogP contribution in [0.2, 0.25) is 0 Å². The lowest BCUT2D eigenvalue weighted by molar-refractivity contribution is 1.19. The monoisotopic (exact) mass is 701 g/mol. The number of aromatic nitrogens is 5. The lowest BCUT2D eigenvalue weighted by atomic mass is 9.92. The van der Waals surface area contributed by atoms with Gasteiger partial charge in [-0.3, -0.25) is 4.40 Å². The van der Waals surface area contributed by atoms with Crippen molar-refractivity contribution in [3.63, 3.8) is 0 Å². The molecule has 11 aromatic rings. The highest BCUT2D eigenvalue weighted by Crippen LogP contribution is 2.42. The van der Waals surface area contributed by atoms with Crippen LogP contribution in [0.4, 0.5) is 0 Å². The van der Waals surface area contributed by atoms with Crippen molar-refractivity contribution in [2.24, 2.45) is 0 Å². The van der Waals surface area contributed by atoms with E-state index in [-0.39, 0.29) is 0 Å². The Bertz CT molecular complexity index is 3180. The van der Waals surface area contributed by atoms with E-state index in [4.69, 9.17) is 19.9 Å². The van der Waals surface area contributed by atoms with Crippen molar-refractivity contribution in [1.29, 1.82) is 0 Å². The van der Waals surface area contributed by atoms with Crippen LogP contribution in [0.15, 0.2) is 188 Å². The smallest absolute Gasteiger partial charge is 0.165 e. The zero-order valence-corrected chi connectivity index (χ0v) is 29.6. The van der Waals surface area contributed by atoms with Crippen LogP contribution in [-0.2, 0) is 0 Å². The van der Waals surface area contributed by atoms with Crippen LogP contribution in [-0.4, -0.2) is 24.3 Å². The van der Waals surface area contributed by atoms with Crippen LogP contribution in [0.25, 0.3) is 105 Å². The van der Waals surface area contributed by atoms with Crippen molar-refractivity contribution in [1.82, 2.24) is 24.3 Å². The molecule has 0 spiro atoms. The average molecular weight is 702 g/mol. The SMILES string of the molecule is c1ccc(-c2nc(-c3cc4ccccc4c4ccccc34)nc(-c3ccccc3)c2-c2ccc(-c3nc4c(nc5ccccn54)c4ccccc34)cc2)cc1. The van der Waals surface area contributed by atoms with Gasteiger partial charge in [0.25, 0.3) is 0 Å². The summed E-state index contributed by atoms with van der Waals surface area (Å²) in [5.41, 5.74) is 11.4. The van der Waals surface area contributed by atoms with E-state index in [2.05, 4.69) is 156 Å². The lowest BCUT2D eigenvalue weighted by Crippen LogP contribution is -2.01. The van der Waals surface area contributed by atoms with Crippen LogP contribution in [0.1, 0.15) is 0 Å². The molecular formula is C50H31N5. The number of hydrogen-bond acceptors (Lipinski definition) is 4. The van der Waals surface area contributed by atoms with E-state index >= 15 is 0 Å². The molecule has 11 rings (SSSR count). The molecule has 4 heterocycles. The minimum absolute atomic E-state index is 0.692. The van der Waals surface area contributed by atoms with Gasteiger partial charge in [-0.25, -0.2) is 19.9 Å². The fourth-order valence-electron chi connectivity index (χ4n) is 8.05. The summed E-state index contributed by atoms with van der Waals surface area (Å²) >= 11 is 0. The molecule has 0 N–H and O–H groups in total. The second-order valence-corrected chi connectivity index (χ2v) is 13.8. The van der Waals surface area contributed by atoms with Crippen LogP contribution >= 0.6 is 0 Å². The Labute approximate surface area is 316 Å². The molecule has 0 atom stereocenters. The molecule has 55 heavy (non-hydrogen) atoms. The van der Waals surface area contributed by atoms with Crippen molar-refractivity contribution in [2.75, 3.05) is 0 Å². The highest BCUT2D eigenvalue weighted by atomic mass is 15.1. The summed E-state index contributed by atoms with van der Waals surface area (Å²) < 4.78 is 2.07. The van der Waals surface area contributed by atoms with Crippen molar-refractivity contribution in [3.05, 3.63) is 188 Å². The first-order chi connectivity index (χ1) is 27.3. The third kappa shape index (κ3) is 5.09. The van der Waals surface area contributed by atoms with Crippen molar-refractivity contribution >= 4 is 49.1 Å². The lowest BCUT2D eigenvalue weighted by Gasteiger charge is -2.18. The molecule has 256 valence electrons. The molecule has 0 aliphatic heterocycles. The van der Waals surface area contributed by atoms with Gasteiger partial charge in [-0.1, -0.05) is 164 Å². The molecule has 0 fully saturated rings. The van der Waals surface area contributed by atoms with E-state index < -0.39 is 0 Å². The molecule has 0 saturated heterocycles. The maximum atomic E-state index is 5.48. The van der Waals surface area contributed by atoms with Crippen LogP contribution < -0.4 is 0 Å². The van der Waals surface area contributed by atoms with Gasteiger partial charge >= 0.3 is 0 Å². The predicted molar refractivity (Wildman–Crippen MR) is 226 cm³/mol. The third-order valence-electron chi connectivity index (χ3n) is 10.6. The van der Waals surface area contributed by atoms with E-state index in [0.717, 1.165) is 88.8 Å². The zero-order chi connectivity index (χ0) is 36.3. The molecule has 7 aromatic carbocycles. The van der Waals surface area contributed by atoms with Gasteiger partial charge in [0.15, 0.2) is 11.5 Å². The first kappa shape index (κ1) is 31.1. The van der Waals surface area contributed by atoms with Gasteiger partial charge in [0.05, 0.1) is 17.1 Å². The Morgan fingerprint density at radius 1 is 0.364 bits per heavy atom. The topological polar surface area (TPSA) is 56.0 Å². The average Bonchev–Trinajstić information content (AvgIpc) is 3.65. The molecule has 0 aliphatic carbocycles. The number of benzene rings is 7. The summed E-state index contributed by atoms with van der Waals surface area (Å²) in [5.74, 6) is 0.692. The van der Waals surface area contributed by atoms with E-state index in [1.54, 1.807) is 0 Å². The van der Waals surface area contributed by atoms with E-state index in [1.807, 2.05) is 36.5 Å². The predicted octanol–water partition coefficient (Wildman–Crippen LogP) is 12.5. The fourth-order valence-corrected chi connectivity index (χ4v) is 8.05. The summed E-state index contributed by atoms with van der Waals surface area (Å²) in [6, 6.07) is 63.5. The summed E-state index contributed by atoms with van der Waals surface area (Å²) in [5, 5.41) is 6.83. The molecule has 4 aromatic heterocycles. The maximum absolute atomic E-state index is 5.48. The quantitative estimate of drug-likeness (QED) is 0.168. The highest BCUT2D eigenvalue weighted by Gasteiger charge is 2.22. The normalized spacial score (nSPS) is 11.6. The van der Waals surface area contributed by atoms with Crippen LogP contribution in [0, 0.1) is 0 Å². The highest BCUT2D eigenvalue weighted by molar-refractivity contribution is 6.13. The van der Waals surface area contributed by atoms with Crippen LogP contribution in [0.3, 0.4) is 0 Å². The summed E-state index contributed by atoms with van der Waals surface area (Å²) in [4.78, 5) is 21.2. The molecular weight excluding hydrogens is 671 g/mol. The Morgan fingerprint density at radius 3 is 1.62 bits per heavy atom. The van der Waals surface area contributed by atoms with Gasteiger partial charge in [0.1, 0.15) is 11.2 Å². The number of imidazole rings is 1. The van der Waals surface area contributed by atoms with Gasteiger partial charge < -0.3 is 0 Å². The van der Waals surface area contributed by atoms with E-state index in [9.17, 15) is 0 Å². The Morgan fingerprint density at radius 2 is 0.909 bits per heavy atom. The largest absolute Gasteiger partial charge is 0.284 e. The first-order valence-electron chi connectivity index (χ1n) is 18.5. The second-order valence-electron chi connectivity index (χ2n) is 13.8. The Kier molecular flexibility index (Phi) is 7.10. The molecule has 0 bridgehead atoms. The van der Waals surface area contributed by atoms with E-state index in [0.29, 0.717) is 5.82 Å². The molecule has 0 aliphatic rings. The number of pyridine rings is 2. The molecule has 5 heteroatoms. The number of rotatable bonds is 5. The molecule has 5 nitrogen and oxygen atoms in total. The second kappa shape index (κ2) is 12.6. The third-order valence-corrected chi connectivity index (χ3v) is 10.6. The summed E-state index contributed by atoms with van der Waals surface area (Å²) in [6.45, 7) is 0. The standard InChI is InChI=1S/C50H31N5/c1-3-15-33(16-4-1)46-44(32-26-28-35(29-27-32)45-40-23-11-12-24-41(40)48-50(54-45)55-30-14-13-25-43(55)51-48)47(34-17-5-2-6-18-34)53-49(52-46)42-31-36-19-7-8-20-37(36)38-21-9-10-22-39(38)42/h1-31H. The fraction of sp³-hybridized carbons (Fsp3) is 0. The molecule has 0 saturated carbocycles. The van der Waals surface area contributed by atoms with E-state index in [1.165, 1.54) is 10.8 Å². The molecule has 0 amide bonds. The van der Waals surface area contributed by atoms with Crippen molar-refractivity contribution in [2.45, 2.75) is 0 Å². The first-order valence-corrected chi connectivity index (χ1v) is 18.5. The molecule has 0 unspecified atom stereocenters. The Balaban J connectivity index is 1.15. The molecule has 0 radical (unpaired) electrons. The number of fused-ring (bicyclic) bond motifs is 8. The van der Waals surface area contributed by atoms with Crippen molar-refractivity contribution < 1.29 is 0 Å². The number of hydrogen-bond donors (Lipinski definition) is 0. The summed E-state index contributed by atoms with van der Waals surface area (Å²) in [7, 11) is 0. The van der Waals surface area contributed by atoms with Gasteiger partial charge in [0, 0.05) is 44.8 Å². The van der Waals surface area contributed by atoms with Gasteiger partial charge in [-0.2, -0.15) is 0 Å². The van der Waals surface area contributed by atoms with Crippen LogP contribution in [0.5, 0.6) is 0 Å². The minimum Gasteiger partial charge on any atom is -0.284 e. The van der Waals surface area contributed by atoms with Gasteiger partial charge in [-0.05, 0) is 45.3 Å². The summed E-state index contributed by atoms with van der Waals surface area (Å²) in [6.07, 6.45) is 2.03. The maximum Gasteiger partial charge on any atom is 0.165 e. The zero-order valence-electron chi connectivity index (χ0n) is 29.6. The Hall–Kier alpha value is -7.50. The van der Waals surface area contributed by atoms with Gasteiger partial charge in [0.2, 0.25) is 0 Å². The van der Waals surface area contributed by atoms with Gasteiger partial charge in [-0.15, -0.1) is 0 Å². The number of nitrogens with zero attached hydrogens (tertiary/aromatic N) is 5.